The van der Waals surface area contributed by atoms with Crippen molar-refractivity contribution in [3.8, 4) is 5.75 Å². The third-order valence-electron chi connectivity index (χ3n) is 5.13. The lowest BCUT2D eigenvalue weighted by molar-refractivity contribution is 0.146. The SMILES string of the molecule is CC(C)c1cc(CNC(=O)N2CCCC[C@H]2CCc2cccc(O)c2)no1. The Bertz CT molecular complexity index is 757. The maximum absolute atomic E-state index is 12.7. The molecule has 0 unspecified atom stereocenters. The van der Waals surface area contributed by atoms with E-state index in [9.17, 15) is 9.90 Å². The van der Waals surface area contributed by atoms with Crippen LogP contribution in [0, 0.1) is 0 Å². The number of phenols is 1. The van der Waals surface area contributed by atoms with Gasteiger partial charge in [-0.2, -0.15) is 0 Å². The molecule has 1 aliphatic rings. The van der Waals surface area contributed by atoms with Crippen molar-refractivity contribution in [2.45, 2.75) is 64.5 Å². The van der Waals surface area contributed by atoms with E-state index < -0.39 is 0 Å². The van der Waals surface area contributed by atoms with E-state index in [1.807, 2.05) is 36.9 Å². The fourth-order valence-electron chi connectivity index (χ4n) is 3.56. The van der Waals surface area contributed by atoms with E-state index in [0.29, 0.717) is 12.3 Å². The molecule has 2 amide bonds. The van der Waals surface area contributed by atoms with E-state index >= 15 is 0 Å². The zero-order valence-corrected chi connectivity index (χ0v) is 16.1. The third-order valence-corrected chi connectivity index (χ3v) is 5.13. The Labute approximate surface area is 160 Å². The Morgan fingerprint density at radius 2 is 2.22 bits per heavy atom. The van der Waals surface area contributed by atoms with Gasteiger partial charge in [0.05, 0.1) is 6.54 Å². The molecular formula is C21H29N3O3. The van der Waals surface area contributed by atoms with Crippen LogP contribution in [0.1, 0.15) is 62.5 Å². The van der Waals surface area contributed by atoms with Gasteiger partial charge in [-0.25, -0.2) is 4.79 Å². The number of rotatable bonds is 6. The van der Waals surface area contributed by atoms with Crippen molar-refractivity contribution in [2.24, 2.45) is 0 Å². The zero-order chi connectivity index (χ0) is 19.2. The number of nitrogens with one attached hydrogen (secondary N) is 1. The summed E-state index contributed by atoms with van der Waals surface area (Å²) < 4.78 is 5.29. The largest absolute Gasteiger partial charge is 0.508 e. The number of nitrogens with zero attached hydrogens (tertiary/aromatic N) is 2. The number of carbonyl (C=O) groups excluding carboxylic acids is 1. The molecule has 1 aliphatic heterocycles. The van der Waals surface area contributed by atoms with Crippen LogP contribution in [0.25, 0.3) is 0 Å². The van der Waals surface area contributed by atoms with Crippen molar-refractivity contribution in [2.75, 3.05) is 6.54 Å². The van der Waals surface area contributed by atoms with E-state index in [-0.39, 0.29) is 18.0 Å². The van der Waals surface area contributed by atoms with Gasteiger partial charge in [-0.3, -0.25) is 0 Å². The quantitative estimate of drug-likeness (QED) is 0.798. The molecule has 0 spiro atoms. The predicted molar refractivity (Wildman–Crippen MR) is 104 cm³/mol. The fraction of sp³-hybridized carbons (Fsp3) is 0.524. The number of phenolic OH excluding ortho intramolecular Hbond substituents is 1. The molecule has 1 aromatic heterocycles. The second-order valence-corrected chi connectivity index (χ2v) is 7.59. The number of hydrogen-bond donors (Lipinski definition) is 2. The predicted octanol–water partition coefficient (Wildman–Crippen LogP) is 4.20. The minimum absolute atomic E-state index is 0.0373. The Balaban J connectivity index is 1.54. The number of piperidine rings is 1. The Kier molecular flexibility index (Phi) is 6.37. The van der Waals surface area contributed by atoms with Crippen molar-refractivity contribution in [3.05, 3.63) is 47.3 Å². The molecule has 27 heavy (non-hydrogen) atoms. The molecule has 3 rings (SSSR count). The van der Waals surface area contributed by atoms with Gasteiger partial charge in [0.25, 0.3) is 0 Å². The standard InChI is InChI=1S/C21H29N3O3/c1-15(2)20-13-17(23-27-20)14-22-21(26)24-11-4-3-7-18(24)10-9-16-6-5-8-19(25)12-16/h5-6,8,12-13,15,18,25H,3-4,7,9-11,14H2,1-2H3,(H,22,26)/t18-/m0/s1. The van der Waals surface area contributed by atoms with Gasteiger partial charge in [0.2, 0.25) is 0 Å². The van der Waals surface area contributed by atoms with E-state index in [1.54, 1.807) is 12.1 Å². The second-order valence-electron chi connectivity index (χ2n) is 7.59. The molecule has 6 nitrogen and oxygen atoms in total. The van der Waals surface area contributed by atoms with Crippen molar-refractivity contribution in [1.82, 2.24) is 15.4 Å². The molecular weight excluding hydrogens is 342 g/mol. The molecule has 0 aliphatic carbocycles. The average molecular weight is 371 g/mol. The molecule has 6 heteroatoms. The van der Waals surface area contributed by atoms with Gasteiger partial charge in [-0.05, 0) is 49.8 Å². The van der Waals surface area contributed by atoms with Crippen molar-refractivity contribution >= 4 is 6.03 Å². The first kappa shape index (κ1) is 19.3. The average Bonchev–Trinajstić information content (AvgIpc) is 3.14. The molecule has 0 bridgehead atoms. The van der Waals surface area contributed by atoms with Crippen LogP contribution in [0.4, 0.5) is 4.79 Å². The van der Waals surface area contributed by atoms with E-state index in [1.165, 1.54) is 0 Å². The van der Waals surface area contributed by atoms with Gasteiger partial charge in [-0.1, -0.05) is 31.1 Å². The van der Waals surface area contributed by atoms with Crippen LogP contribution in [0.5, 0.6) is 5.75 Å². The Morgan fingerprint density at radius 3 is 2.96 bits per heavy atom. The van der Waals surface area contributed by atoms with Gasteiger partial charge < -0.3 is 19.8 Å². The van der Waals surface area contributed by atoms with E-state index in [4.69, 9.17) is 4.52 Å². The summed E-state index contributed by atoms with van der Waals surface area (Å²) >= 11 is 0. The van der Waals surface area contributed by atoms with Gasteiger partial charge in [0, 0.05) is 24.6 Å². The lowest BCUT2D eigenvalue weighted by Crippen LogP contribution is -2.48. The van der Waals surface area contributed by atoms with E-state index in [2.05, 4.69) is 10.5 Å². The minimum Gasteiger partial charge on any atom is -0.508 e. The molecule has 1 atom stereocenters. The summed E-state index contributed by atoms with van der Waals surface area (Å²) in [6, 6.07) is 9.45. The molecule has 2 aromatic rings. The van der Waals surface area contributed by atoms with Crippen LogP contribution >= 0.6 is 0 Å². The normalized spacial score (nSPS) is 17.3. The topological polar surface area (TPSA) is 78.6 Å². The third kappa shape index (κ3) is 5.25. The van der Waals surface area contributed by atoms with Crippen LogP contribution in [0.2, 0.25) is 0 Å². The summed E-state index contributed by atoms with van der Waals surface area (Å²) in [6.45, 7) is 5.26. The molecule has 2 N–H and O–H groups in total. The zero-order valence-electron chi connectivity index (χ0n) is 16.1. The number of aryl methyl sites for hydroxylation is 1. The number of urea groups is 1. The summed E-state index contributed by atoms with van der Waals surface area (Å²) in [4.78, 5) is 14.7. The van der Waals surface area contributed by atoms with Crippen LogP contribution in [-0.4, -0.2) is 33.8 Å². The smallest absolute Gasteiger partial charge is 0.317 e. The van der Waals surface area contributed by atoms with Gasteiger partial charge >= 0.3 is 6.03 Å². The molecule has 1 saturated heterocycles. The van der Waals surface area contributed by atoms with Crippen molar-refractivity contribution < 1.29 is 14.4 Å². The minimum atomic E-state index is -0.0373. The maximum Gasteiger partial charge on any atom is 0.317 e. The van der Waals surface area contributed by atoms with Gasteiger partial charge in [0.15, 0.2) is 0 Å². The summed E-state index contributed by atoms with van der Waals surface area (Å²) in [5.74, 6) is 1.41. The summed E-state index contributed by atoms with van der Waals surface area (Å²) in [5.41, 5.74) is 1.85. The first-order valence-corrected chi connectivity index (χ1v) is 9.81. The number of amides is 2. The number of hydrogen-bond acceptors (Lipinski definition) is 4. The van der Waals surface area contributed by atoms with Crippen LogP contribution in [0.3, 0.4) is 0 Å². The lowest BCUT2D eigenvalue weighted by Gasteiger charge is -2.35. The second kappa shape index (κ2) is 8.93. The highest BCUT2D eigenvalue weighted by Gasteiger charge is 2.26. The molecule has 1 aromatic carbocycles. The van der Waals surface area contributed by atoms with Crippen molar-refractivity contribution in [3.63, 3.8) is 0 Å². The van der Waals surface area contributed by atoms with Gasteiger partial charge in [-0.15, -0.1) is 0 Å². The van der Waals surface area contributed by atoms with Crippen LogP contribution in [0.15, 0.2) is 34.9 Å². The maximum atomic E-state index is 12.7. The Hall–Kier alpha value is -2.50. The van der Waals surface area contributed by atoms with Crippen molar-refractivity contribution in [1.29, 1.82) is 0 Å². The highest BCUT2D eigenvalue weighted by Crippen LogP contribution is 2.23. The van der Waals surface area contributed by atoms with E-state index in [0.717, 1.165) is 55.7 Å². The summed E-state index contributed by atoms with van der Waals surface area (Å²) in [6.07, 6.45) is 4.96. The lowest BCUT2D eigenvalue weighted by atomic mass is 9.96. The molecule has 146 valence electrons. The van der Waals surface area contributed by atoms with Gasteiger partial charge in [0.1, 0.15) is 17.2 Å². The monoisotopic (exact) mass is 371 g/mol. The highest BCUT2D eigenvalue weighted by molar-refractivity contribution is 5.74. The molecule has 1 fully saturated rings. The number of aromatic nitrogens is 1. The highest BCUT2D eigenvalue weighted by atomic mass is 16.5. The number of likely N-dealkylation sites (tertiary alicyclic amines) is 1. The number of benzene rings is 1. The summed E-state index contributed by atoms with van der Waals surface area (Å²) in [7, 11) is 0. The number of aromatic hydroxyl groups is 1. The van der Waals surface area contributed by atoms with Crippen LogP contribution < -0.4 is 5.32 Å². The Morgan fingerprint density at radius 1 is 1.37 bits per heavy atom. The number of carbonyl (C=O) groups is 1. The molecule has 0 radical (unpaired) electrons. The molecule has 2 heterocycles. The van der Waals surface area contributed by atoms with Crippen LogP contribution in [-0.2, 0) is 13.0 Å². The first-order valence-electron chi connectivity index (χ1n) is 9.81. The first-order chi connectivity index (χ1) is 13.0. The summed E-state index contributed by atoms with van der Waals surface area (Å²) in [5, 5.41) is 16.6. The fourth-order valence-corrected chi connectivity index (χ4v) is 3.56. The molecule has 0 saturated carbocycles.